The lowest BCUT2D eigenvalue weighted by Gasteiger charge is -2.21. The van der Waals surface area contributed by atoms with Gasteiger partial charge in [0.1, 0.15) is 0 Å². The Hall–Kier alpha value is -0.120. The lowest BCUT2D eigenvalue weighted by atomic mass is 10.2. The Balaban J connectivity index is 0.000000250. The average molecular weight is 89.1 g/mol. The molecule has 0 atom stereocenters. The quantitative estimate of drug-likeness (QED) is 0.359. The maximum absolute atomic E-state index is 5.32. The number of hydrogen-bond donors (Lipinski definition) is 3. The van der Waals surface area contributed by atoms with Gasteiger partial charge in [0.2, 0.25) is 0 Å². The second-order valence-electron chi connectivity index (χ2n) is 1.42. The molecule has 0 bridgehead atoms. The van der Waals surface area contributed by atoms with Gasteiger partial charge in [-0.25, -0.2) is 0 Å². The van der Waals surface area contributed by atoms with Crippen LogP contribution in [0.5, 0.6) is 0 Å². The van der Waals surface area contributed by atoms with Crippen LogP contribution in [0.2, 0.25) is 0 Å². The molecule has 3 heteroatoms. The maximum atomic E-state index is 5.32. The fourth-order valence-corrected chi connectivity index (χ4v) is 0.311. The topological polar surface area (TPSA) is 73.0 Å². The first-order valence-corrected chi connectivity index (χ1v) is 1.86. The van der Waals surface area contributed by atoms with Crippen LogP contribution in [0.1, 0.15) is 0 Å². The van der Waals surface area contributed by atoms with Crippen LogP contribution in [-0.2, 0) is 0 Å². The molecule has 0 aromatic rings. The van der Waals surface area contributed by atoms with Crippen molar-refractivity contribution in [3.8, 4) is 0 Å². The van der Waals surface area contributed by atoms with Crippen molar-refractivity contribution in [3.63, 3.8) is 0 Å². The lowest BCUT2D eigenvalue weighted by Crippen LogP contribution is -2.52. The second kappa shape index (κ2) is 2.12. The molecule has 6 heavy (non-hydrogen) atoms. The normalized spacial score (nSPS) is 21.5. The summed E-state index contributed by atoms with van der Waals surface area (Å²) < 4.78 is 0. The lowest BCUT2D eigenvalue weighted by molar-refractivity contribution is 0.445. The van der Waals surface area contributed by atoms with Gasteiger partial charge in [0.05, 0.1) is 0 Å². The summed E-state index contributed by atoms with van der Waals surface area (Å²) in [5.74, 6) is 0. The average Bonchev–Trinajstić information content (AvgIpc) is 1.30. The number of nitrogens with one attached hydrogen (secondary N) is 1. The van der Waals surface area contributed by atoms with Gasteiger partial charge in [0.25, 0.3) is 0 Å². The third kappa shape index (κ3) is 0.931. The minimum Gasteiger partial charge on any atom is -0.344 e. The summed E-state index contributed by atoms with van der Waals surface area (Å²) in [5, 5.41) is 3.04. The van der Waals surface area contributed by atoms with Crippen molar-refractivity contribution in [2.75, 3.05) is 13.1 Å². The van der Waals surface area contributed by atoms with Crippen LogP contribution in [0, 0.1) is 0 Å². The van der Waals surface area contributed by atoms with Crippen molar-refractivity contribution in [2.24, 2.45) is 5.73 Å². The van der Waals surface area contributed by atoms with Crippen molar-refractivity contribution >= 4 is 0 Å². The van der Waals surface area contributed by atoms with Crippen molar-refractivity contribution < 1.29 is 0 Å². The second-order valence-corrected chi connectivity index (χ2v) is 1.42. The molecule has 0 aromatic heterocycles. The molecule has 38 valence electrons. The van der Waals surface area contributed by atoms with Gasteiger partial charge in [-0.05, 0) is 0 Å². The predicted octanol–water partition coefficient (Wildman–Crippen LogP) is -0.921. The van der Waals surface area contributed by atoms with Crippen LogP contribution in [0.25, 0.3) is 0 Å². The van der Waals surface area contributed by atoms with E-state index in [0.717, 1.165) is 13.1 Å². The van der Waals surface area contributed by atoms with Crippen LogP contribution in [0.3, 0.4) is 0 Å². The Bertz CT molecular complexity index is 33.0. The van der Waals surface area contributed by atoms with E-state index in [1.807, 2.05) is 0 Å². The highest BCUT2D eigenvalue weighted by Gasteiger charge is 2.08. The molecule has 1 saturated heterocycles. The highest BCUT2D eigenvalue weighted by molar-refractivity contribution is 4.76. The van der Waals surface area contributed by atoms with Gasteiger partial charge in [0.15, 0.2) is 0 Å². The SMILES string of the molecule is N.NC1CNC1. The van der Waals surface area contributed by atoms with E-state index in [2.05, 4.69) is 5.32 Å². The molecule has 0 spiro atoms. The molecule has 0 aromatic carbocycles. The molecule has 1 aliphatic heterocycles. The number of rotatable bonds is 0. The molecule has 1 rings (SSSR count). The Morgan fingerprint density at radius 3 is 1.83 bits per heavy atom. The van der Waals surface area contributed by atoms with Gasteiger partial charge in [0, 0.05) is 19.1 Å². The third-order valence-corrected chi connectivity index (χ3v) is 0.813. The van der Waals surface area contributed by atoms with E-state index in [9.17, 15) is 0 Å². The van der Waals surface area contributed by atoms with Gasteiger partial charge in [-0.15, -0.1) is 0 Å². The molecule has 1 fully saturated rings. The van der Waals surface area contributed by atoms with Gasteiger partial charge >= 0.3 is 0 Å². The van der Waals surface area contributed by atoms with Gasteiger partial charge in [-0.3, -0.25) is 0 Å². The van der Waals surface area contributed by atoms with E-state index < -0.39 is 0 Å². The first-order valence-electron chi connectivity index (χ1n) is 1.86. The fraction of sp³-hybridized carbons (Fsp3) is 1.00. The molecular weight excluding hydrogens is 78.1 g/mol. The van der Waals surface area contributed by atoms with Crippen molar-refractivity contribution in [1.82, 2.24) is 11.5 Å². The highest BCUT2D eigenvalue weighted by Crippen LogP contribution is 1.80. The molecule has 0 radical (unpaired) electrons. The Morgan fingerprint density at radius 1 is 1.50 bits per heavy atom. The van der Waals surface area contributed by atoms with Crippen molar-refractivity contribution in [1.29, 1.82) is 0 Å². The summed E-state index contributed by atoms with van der Waals surface area (Å²) in [5.41, 5.74) is 5.32. The Morgan fingerprint density at radius 2 is 1.83 bits per heavy atom. The molecule has 0 amide bonds. The van der Waals surface area contributed by atoms with Crippen LogP contribution in [0.15, 0.2) is 0 Å². The summed E-state index contributed by atoms with van der Waals surface area (Å²) in [4.78, 5) is 0. The minimum atomic E-state index is 0. The van der Waals surface area contributed by atoms with E-state index in [0.29, 0.717) is 6.04 Å². The van der Waals surface area contributed by atoms with Gasteiger partial charge in [-0.2, -0.15) is 0 Å². The largest absolute Gasteiger partial charge is 0.344 e. The summed E-state index contributed by atoms with van der Waals surface area (Å²) in [6.45, 7) is 2.03. The highest BCUT2D eigenvalue weighted by atomic mass is 15.0. The molecule has 1 aliphatic rings. The molecule has 1 heterocycles. The molecule has 3 nitrogen and oxygen atoms in total. The first kappa shape index (κ1) is 5.88. The minimum absolute atomic E-state index is 0. The van der Waals surface area contributed by atoms with E-state index in [1.165, 1.54) is 0 Å². The van der Waals surface area contributed by atoms with Crippen LogP contribution < -0.4 is 17.2 Å². The zero-order chi connectivity index (χ0) is 3.70. The molecule has 0 saturated carbocycles. The maximum Gasteiger partial charge on any atom is 0.0292 e. The van der Waals surface area contributed by atoms with Gasteiger partial charge in [-0.1, -0.05) is 0 Å². The first-order chi connectivity index (χ1) is 2.39. The van der Waals surface area contributed by atoms with Crippen LogP contribution >= 0.6 is 0 Å². The molecular formula is C3H11N3. The van der Waals surface area contributed by atoms with Gasteiger partial charge < -0.3 is 17.2 Å². The third-order valence-electron chi connectivity index (χ3n) is 0.813. The van der Waals surface area contributed by atoms with E-state index in [4.69, 9.17) is 5.73 Å². The zero-order valence-electron chi connectivity index (χ0n) is 3.78. The molecule has 0 aliphatic carbocycles. The standard InChI is InChI=1S/C3H8N2.H3N/c4-3-1-5-2-3;/h3,5H,1-2,4H2;1H3. The van der Waals surface area contributed by atoms with Crippen LogP contribution in [0.4, 0.5) is 0 Å². The predicted molar refractivity (Wildman–Crippen MR) is 25.9 cm³/mol. The molecule has 6 N–H and O–H groups in total. The monoisotopic (exact) mass is 89.1 g/mol. The summed E-state index contributed by atoms with van der Waals surface area (Å²) in [6.07, 6.45) is 0. The molecule has 0 unspecified atom stereocenters. The Labute approximate surface area is 37.5 Å². The summed E-state index contributed by atoms with van der Waals surface area (Å²) in [6, 6.07) is 0.454. The zero-order valence-corrected chi connectivity index (χ0v) is 3.78. The fourth-order valence-electron chi connectivity index (χ4n) is 0.311. The van der Waals surface area contributed by atoms with Crippen LogP contribution in [-0.4, -0.2) is 19.1 Å². The Kier molecular flexibility index (Phi) is 2.08. The summed E-state index contributed by atoms with van der Waals surface area (Å²) >= 11 is 0. The van der Waals surface area contributed by atoms with Crippen molar-refractivity contribution in [3.05, 3.63) is 0 Å². The summed E-state index contributed by atoms with van der Waals surface area (Å²) in [7, 11) is 0. The van der Waals surface area contributed by atoms with E-state index in [1.54, 1.807) is 0 Å². The number of nitrogens with two attached hydrogens (primary N) is 1. The number of hydrogen-bond acceptors (Lipinski definition) is 3. The van der Waals surface area contributed by atoms with Crippen molar-refractivity contribution in [2.45, 2.75) is 6.04 Å². The smallest absolute Gasteiger partial charge is 0.0292 e. The van der Waals surface area contributed by atoms with E-state index in [-0.39, 0.29) is 6.15 Å². The van der Waals surface area contributed by atoms with E-state index >= 15 is 0 Å².